The van der Waals surface area contributed by atoms with Crippen LogP contribution in [-0.2, 0) is 11.6 Å². The molecule has 0 aliphatic carbocycles. The lowest BCUT2D eigenvalue weighted by molar-refractivity contribution is 0.387. The molecule has 0 atom stereocenters. The summed E-state index contributed by atoms with van der Waals surface area (Å²) in [6.45, 7) is 0. The second-order valence-corrected chi connectivity index (χ2v) is 4.76. The summed E-state index contributed by atoms with van der Waals surface area (Å²) in [6.07, 6.45) is 1.48. The molecule has 0 saturated carbocycles. The summed E-state index contributed by atoms with van der Waals surface area (Å²) in [4.78, 5) is 18.2. The first-order valence-corrected chi connectivity index (χ1v) is 5.71. The van der Waals surface area contributed by atoms with Crippen LogP contribution in [0.3, 0.4) is 0 Å². The summed E-state index contributed by atoms with van der Waals surface area (Å²) in [5, 5.41) is 0.707. The number of hydrogen-bond donors (Lipinski definition) is 2. The van der Waals surface area contributed by atoms with Gasteiger partial charge >= 0.3 is 7.60 Å². The molecular weight excluding hydrogens is 201 g/mol. The largest absolute Gasteiger partial charge is 0.358 e. The molecule has 0 radical (unpaired) electrons. The van der Waals surface area contributed by atoms with E-state index in [0.717, 1.165) is 5.52 Å². The monoisotopic (exact) mass is 211 g/mol. The third kappa shape index (κ3) is 1.38. The Morgan fingerprint density at radius 1 is 1.29 bits per heavy atom. The molecular formula is C9H10NO3P. The van der Waals surface area contributed by atoms with Gasteiger partial charge in [-0.2, -0.15) is 0 Å². The fourth-order valence-corrected chi connectivity index (χ4v) is 2.38. The first kappa shape index (κ1) is 9.46. The van der Waals surface area contributed by atoms with Gasteiger partial charge in [0.25, 0.3) is 0 Å². The minimum atomic E-state index is -4.16. The summed E-state index contributed by atoms with van der Waals surface area (Å²) >= 11 is 0. The van der Waals surface area contributed by atoms with E-state index in [2.05, 4.69) is 0 Å². The second kappa shape index (κ2) is 2.95. The minimum Gasteiger partial charge on any atom is -0.350 e. The van der Waals surface area contributed by atoms with Gasteiger partial charge in [0.1, 0.15) is 0 Å². The Labute approximate surface area is 80.9 Å². The third-order valence-electron chi connectivity index (χ3n) is 2.19. The predicted octanol–water partition coefficient (Wildman–Crippen LogP) is 0.981. The first-order chi connectivity index (χ1) is 6.50. The Balaban J connectivity index is 2.86. The van der Waals surface area contributed by atoms with Crippen molar-refractivity contribution in [1.82, 2.24) is 4.57 Å². The van der Waals surface area contributed by atoms with E-state index in [1.54, 1.807) is 23.7 Å². The van der Waals surface area contributed by atoms with E-state index in [0.29, 0.717) is 5.39 Å². The Morgan fingerprint density at radius 2 is 1.93 bits per heavy atom. The molecule has 1 aromatic heterocycles. The number of benzene rings is 1. The first-order valence-electron chi connectivity index (χ1n) is 4.10. The van der Waals surface area contributed by atoms with Crippen LogP contribution in [0.25, 0.3) is 10.9 Å². The average Bonchev–Trinajstić information content (AvgIpc) is 2.44. The lowest BCUT2D eigenvalue weighted by Gasteiger charge is -1.99. The van der Waals surface area contributed by atoms with Crippen molar-refractivity contribution >= 4 is 23.8 Å². The van der Waals surface area contributed by atoms with Gasteiger partial charge in [-0.25, -0.2) is 0 Å². The summed E-state index contributed by atoms with van der Waals surface area (Å²) in [5.41, 5.74) is 0.825. The van der Waals surface area contributed by atoms with Gasteiger partial charge in [0.15, 0.2) is 0 Å². The van der Waals surface area contributed by atoms with Crippen molar-refractivity contribution in [3.05, 3.63) is 30.5 Å². The Hall–Kier alpha value is -1.09. The van der Waals surface area contributed by atoms with Gasteiger partial charge in [0.05, 0.1) is 5.30 Å². The fourth-order valence-electron chi connectivity index (χ4n) is 1.55. The van der Waals surface area contributed by atoms with Crippen molar-refractivity contribution in [2.24, 2.45) is 7.05 Å². The average molecular weight is 211 g/mol. The molecule has 0 aliphatic rings. The maximum atomic E-state index is 11.1. The number of hydrogen-bond acceptors (Lipinski definition) is 1. The Bertz CT molecular complexity index is 526. The van der Waals surface area contributed by atoms with Gasteiger partial charge in [-0.05, 0) is 6.07 Å². The zero-order valence-corrected chi connectivity index (χ0v) is 8.48. The number of aryl methyl sites for hydroxylation is 1. The molecule has 0 amide bonds. The van der Waals surface area contributed by atoms with E-state index in [9.17, 15) is 4.57 Å². The van der Waals surface area contributed by atoms with Crippen molar-refractivity contribution in [1.29, 1.82) is 0 Å². The van der Waals surface area contributed by atoms with Gasteiger partial charge in [0.2, 0.25) is 0 Å². The normalized spacial score (nSPS) is 12.2. The number of nitrogens with zero attached hydrogens (tertiary/aromatic N) is 1. The number of fused-ring (bicyclic) bond motifs is 1. The van der Waals surface area contributed by atoms with Crippen LogP contribution in [0.15, 0.2) is 30.5 Å². The predicted molar refractivity (Wildman–Crippen MR) is 54.6 cm³/mol. The van der Waals surface area contributed by atoms with Crippen molar-refractivity contribution in [2.75, 3.05) is 0 Å². The highest BCUT2D eigenvalue weighted by Gasteiger charge is 2.22. The molecule has 0 fully saturated rings. The highest BCUT2D eigenvalue weighted by molar-refractivity contribution is 7.60. The zero-order chi connectivity index (χ0) is 10.3. The summed E-state index contributed by atoms with van der Waals surface area (Å²) in [7, 11) is -2.40. The topological polar surface area (TPSA) is 62.5 Å². The highest BCUT2D eigenvalue weighted by atomic mass is 31.2. The van der Waals surface area contributed by atoms with E-state index in [4.69, 9.17) is 9.79 Å². The second-order valence-electron chi connectivity index (χ2n) is 3.19. The van der Waals surface area contributed by atoms with Crippen LogP contribution in [0.2, 0.25) is 0 Å². The quantitative estimate of drug-likeness (QED) is 0.691. The lowest BCUT2D eigenvalue weighted by Crippen LogP contribution is -2.01. The van der Waals surface area contributed by atoms with Crippen molar-refractivity contribution in [3.8, 4) is 0 Å². The molecule has 5 heteroatoms. The van der Waals surface area contributed by atoms with Crippen molar-refractivity contribution in [2.45, 2.75) is 0 Å². The van der Waals surface area contributed by atoms with Crippen LogP contribution in [0.1, 0.15) is 0 Å². The zero-order valence-electron chi connectivity index (χ0n) is 7.58. The molecule has 0 saturated heterocycles. The molecule has 2 N–H and O–H groups in total. The van der Waals surface area contributed by atoms with Gasteiger partial charge in [-0.1, -0.05) is 18.2 Å². The smallest absolute Gasteiger partial charge is 0.350 e. The van der Waals surface area contributed by atoms with Gasteiger partial charge < -0.3 is 14.4 Å². The van der Waals surface area contributed by atoms with Crippen molar-refractivity contribution < 1.29 is 14.4 Å². The standard InChI is InChI=1S/C9H10NO3P/c1-10-6-9(14(11,12)13)7-4-2-3-5-8(7)10/h2-6H,1H3,(H2,11,12,13). The summed E-state index contributed by atoms with van der Waals surface area (Å²) in [5.74, 6) is 0. The Morgan fingerprint density at radius 3 is 2.57 bits per heavy atom. The molecule has 1 heterocycles. The van der Waals surface area contributed by atoms with Crippen molar-refractivity contribution in [3.63, 3.8) is 0 Å². The molecule has 0 aliphatic heterocycles. The van der Waals surface area contributed by atoms with Crippen LogP contribution in [0.5, 0.6) is 0 Å². The summed E-state index contributed by atoms with van der Waals surface area (Å²) in [6, 6.07) is 7.14. The number of para-hydroxylation sites is 1. The fraction of sp³-hybridized carbons (Fsp3) is 0.111. The van der Waals surface area contributed by atoms with E-state index in [1.807, 2.05) is 12.1 Å². The van der Waals surface area contributed by atoms with E-state index in [1.165, 1.54) is 6.20 Å². The van der Waals surface area contributed by atoms with Gasteiger partial charge in [0, 0.05) is 24.1 Å². The lowest BCUT2D eigenvalue weighted by atomic mass is 10.2. The molecule has 14 heavy (non-hydrogen) atoms. The molecule has 74 valence electrons. The van der Waals surface area contributed by atoms with E-state index in [-0.39, 0.29) is 5.30 Å². The minimum absolute atomic E-state index is 0.0931. The molecule has 4 nitrogen and oxygen atoms in total. The van der Waals surface area contributed by atoms with Crippen LogP contribution < -0.4 is 5.30 Å². The SMILES string of the molecule is Cn1cc(P(=O)(O)O)c2ccccc21. The van der Waals surface area contributed by atoms with Crippen LogP contribution >= 0.6 is 7.60 Å². The van der Waals surface area contributed by atoms with E-state index < -0.39 is 7.60 Å². The highest BCUT2D eigenvalue weighted by Crippen LogP contribution is 2.36. The van der Waals surface area contributed by atoms with Crippen LogP contribution in [-0.4, -0.2) is 14.4 Å². The third-order valence-corrected chi connectivity index (χ3v) is 3.17. The molecule has 0 unspecified atom stereocenters. The molecule has 2 aromatic rings. The number of rotatable bonds is 1. The maximum absolute atomic E-state index is 11.1. The molecule has 2 rings (SSSR count). The van der Waals surface area contributed by atoms with Crippen LogP contribution in [0.4, 0.5) is 0 Å². The van der Waals surface area contributed by atoms with E-state index >= 15 is 0 Å². The molecule has 0 bridgehead atoms. The molecule has 0 spiro atoms. The molecule has 1 aromatic carbocycles. The van der Waals surface area contributed by atoms with Crippen LogP contribution in [0, 0.1) is 0 Å². The van der Waals surface area contributed by atoms with Gasteiger partial charge in [-0.3, -0.25) is 4.57 Å². The maximum Gasteiger partial charge on any atom is 0.358 e. The summed E-state index contributed by atoms with van der Waals surface area (Å²) < 4.78 is 12.9. The Kier molecular flexibility index (Phi) is 2.00. The number of aromatic nitrogens is 1. The van der Waals surface area contributed by atoms with Gasteiger partial charge in [-0.15, -0.1) is 0 Å².